The van der Waals surface area contributed by atoms with Crippen molar-refractivity contribution in [3.8, 4) is 0 Å². The van der Waals surface area contributed by atoms with Gasteiger partial charge in [-0.2, -0.15) is 0 Å². The van der Waals surface area contributed by atoms with E-state index in [0.29, 0.717) is 17.7 Å². The summed E-state index contributed by atoms with van der Waals surface area (Å²) in [5.41, 5.74) is 6.88. The van der Waals surface area contributed by atoms with Gasteiger partial charge in [0.15, 0.2) is 0 Å². The molecule has 0 spiro atoms. The number of amides is 1. The highest BCUT2D eigenvalue weighted by Crippen LogP contribution is 2.15. The molecule has 4 heteroatoms. The van der Waals surface area contributed by atoms with Gasteiger partial charge in [0.2, 0.25) is 5.91 Å². The van der Waals surface area contributed by atoms with E-state index in [-0.39, 0.29) is 5.91 Å². The number of nitrogens with one attached hydrogen (secondary N) is 1. The van der Waals surface area contributed by atoms with Gasteiger partial charge in [0.25, 0.3) is 0 Å². The molecule has 2 unspecified atom stereocenters. The van der Waals surface area contributed by atoms with E-state index < -0.39 is 0 Å². The van der Waals surface area contributed by atoms with E-state index in [1.54, 1.807) is 6.07 Å². The molecule has 0 radical (unpaired) electrons. The molecule has 2 rings (SSSR count). The first-order valence-electron chi connectivity index (χ1n) is 6.40. The van der Waals surface area contributed by atoms with Gasteiger partial charge in [-0.3, -0.25) is 4.79 Å². The number of nitrogens with two attached hydrogens (primary N) is 1. The molecule has 2 atom stereocenters. The molecule has 18 heavy (non-hydrogen) atoms. The highest BCUT2D eigenvalue weighted by molar-refractivity contribution is 5.92. The topological polar surface area (TPSA) is 64.3 Å². The predicted molar refractivity (Wildman–Crippen MR) is 70.2 cm³/mol. The Hall–Kier alpha value is -1.39. The number of hydrogen-bond acceptors (Lipinski definition) is 3. The summed E-state index contributed by atoms with van der Waals surface area (Å²) in [4.78, 5) is 11.1. The van der Waals surface area contributed by atoms with Crippen LogP contribution in [-0.4, -0.2) is 24.7 Å². The molecule has 1 fully saturated rings. The SMILES string of the molecule is CC(NCc1cccc(C(N)=O)c1)C1CCCO1. The molecule has 1 aliphatic rings. The smallest absolute Gasteiger partial charge is 0.248 e. The molecular weight excluding hydrogens is 228 g/mol. The van der Waals surface area contributed by atoms with Gasteiger partial charge < -0.3 is 15.8 Å². The Morgan fingerprint density at radius 1 is 1.61 bits per heavy atom. The summed E-state index contributed by atoms with van der Waals surface area (Å²) in [6, 6.07) is 7.73. The molecule has 0 saturated carbocycles. The van der Waals surface area contributed by atoms with Gasteiger partial charge in [-0.25, -0.2) is 0 Å². The third-order valence-electron chi connectivity index (χ3n) is 3.36. The van der Waals surface area contributed by atoms with Crippen LogP contribution in [0.2, 0.25) is 0 Å². The average Bonchev–Trinajstić information content (AvgIpc) is 2.90. The van der Waals surface area contributed by atoms with Gasteiger partial charge in [-0.1, -0.05) is 12.1 Å². The van der Waals surface area contributed by atoms with Gasteiger partial charge in [0, 0.05) is 24.8 Å². The highest BCUT2D eigenvalue weighted by Gasteiger charge is 2.21. The summed E-state index contributed by atoms with van der Waals surface area (Å²) in [6.45, 7) is 3.73. The fraction of sp³-hybridized carbons (Fsp3) is 0.500. The zero-order valence-corrected chi connectivity index (χ0v) is 10.7. The van der Waals surface area contributed by atoms with Crippen molar-refractivity contribution >= 4 is 5.91 Å². The van der Waals surface area contributed by atoms with Crippen LogP contribution >= 0.6 is 0 Å². The van der Waals surface area contributed by atoms with E-state index in [4.69, 9.17) is 10.5 Å². The molecule has 0 bridgehead atoms. The molecule has 1 amide bonds. The quantitative estimate of drug-likeness (QED) is 0.828. The lowest BCUT2D eigenvalue weighted by atomic mass is 10.1. The van der Waals surface area contributed by atoms with Crippen LogP contribution in [0.1, 0.15) is 35.7 Å². The van der Waals surface area contributed by atoms with Crippen LogP contribution in [0, 0.1) is 0 Å². The van der Waals surface area contributed by atoms with Crippen LogP contribution in [-0.2, 0) is 11.3 Å². The molecule has 1 aliphatic heterocycles. The number of rotatable bonds is 5. The fourth-order valence-electron chi connectivity index (χ4n) is 2.24. The second-order valence-electron chi connectivity index (χ2n) is 4.79. The van der Waals surface area contributed by atoms with Crippen molar-refractivity contribution in [3.05, 3.63) is 35.4 Å². The molecule has 3 N–H and O–H groups in total. The van der Waals surface area contributed by atoms with Crippen molar-refractivity contribution in [1.29, 1.82) is 0 Å². The lowest BCUT2D eigenvalue weighted by molar-refractivity contribution is 0.0832. The zero-order chi connectivity index (χ0) is 13.0. The lowest BCUT2D eigenvalue weighted by Crippen LogP contribution is -2.36. The van der Waals surface area contributed by atoms with Crippen molar-refractivity contribution in [2.75, 3.05) is 6.61 Å². The Labute approximate surface area is 108 Å². The van der Waals surface area contributed by atoms with Crippen molar-refractivity contribution in [1.82, 2.24) is 5.32 Å². The Balaban J connectivity index is 1.89. The van der Waals surface area contributed by atoms with Gasteiger partial charge in [-0.15, -0.1) is 0 Å². The van der Waals surface area contributed by atoms with Gasteiger partial charge >= 0.3 is 0 Å². The maximum absolute atomic E-state index is 11.1. The lowest BCUT2D eigenvalue weighted by Gasteiger charge is -2.20. The molecule has 4 nitrogen and oxygen atoms in total. The summed E-state index contributed by atoms with van der Waals surface area (Å²) in [7, 11) is 0. The van der Waals surface area contributed by atoms with Gasteiger partial charge in [0.05, 0.1) is 6.10 Å². The molecule has 0 aliphatic carbocycles. The predicted octanol–water partition coefficient (Wildman–Crippen LogP) is 1.44. The van der Waals surface area contributed by atoms with E-state index in [9.17, 15) is 4.79 Å². The second-order valence-corrected chi connectivity index (χ2v) is 4.79. The molecule has 1 aromatic carbocycles. The number of benzene rings is 1. The summed E-state index contributed by atoms with van der Waals surface area (Å²) in [6.07, 6.45) is 2.58. The van der Waals surface area contributed by atoms with E-state index in [0.717, 1.165) is 31.6 Å². The van der Waals surface area contributed by atoms with E-state index in [2.05, 4.69) is 12.2 Å². The first-order valence-corrected chi connectivity index (χ1v) is 6.40. The largest absolute Gasteiger partial charge is 0.377 e. The van der Waals surface area contributed by atoms with Crippen LogP contribution in [0.5, 0.6) is 0 Å². The molecule has 1 saturated heterocycles. The Morgan fingerprint density at radius 2 is 2.44 bits per heavy atom. The highest BCUT2D eigenvalue weighted by atomic mass is 16.5. The summed E-state index contributed by atoms with van der Waals surface area (Å²) in [5, 5.41) is 3.43. The Kier molecular flexibility index (Phi) is 4.33. The number of ether oxygens (including phenoxy) is 1. The maximum Gasteiger partial charge on any atom is 0.248 e. The Bertz CT molecular complexity index is 414. The summed E-state index contributed by atoms with van der Waals surface area (Å²) < 4.78 is 5.63. The average molecular weight is 248 g/mol. The first-order chi connectivity index (χ1) is 8.66. The standard InChI is InChI=1S/C14H20N2O2/c1-10(13-6-3-7-18-13)16-9-11-4-2-5-12(8-11)14(15)17/h2,4-5,8,10,13,16H,3,6-7,9H2,1H3,(H2,15,17). The number of hydrogen-bond donors (Lipinski definition) is 2. The number of carbonyl (C=O) groups is 1. The van der Waals surface area contributed by atoms with E-state index in [1.807, 2.05) is 18.2 Å². The van der Waals surface area contributed by atoms with Crippen molar-refractivity contribution in [2.45, 2.75) is 38.5 Å². The summed E-state index contributed by atoms with van der Waals surface area (Å²) >= 11 is 0. The van der Waals surface area contributed by atoms with Crippen LogP contribution in [0.15, 0.2) is 24.3 Å². The summed E-state index contributed by atoms with van der Waals surface area (Å²) in [5.74, 6) is -0.385. The zero-order valence-electron chi connectivity index (χ0n) is 10.7. The number of carbonyl (C=O) groups excluding carboxylic acids is 1. The minimum atomic E-state index is -0.385. The normalized spacial score (nSPS) is 20.8. The minimum absolute atomic E-state index is 0.310. The van der Waals surface area contributed by atoms with E-state index >= 15 is 0 Å². The minimum Gasteiger partial charge on any atom is -0.377 e. The molecule has 98 valence electrons. The molecule has 1 heterocycles. The van der Waals surface area contributed by atoms with Gasteiger partial charge in [-0.05, 0) is 37.5 Å². The molecular formula is C14H20N2O2. The molecule has 1 aromatic rings. The Morgan fingerprint density at radius 3 is 3.11 bits per heavy atom. The maximum atomic E-state index is 11.1. The van der Waals surface area contributed by atoms with Crippen LogP contribution < -0.4 is 11.1 Å². The van der Waals surface area contributed by atoms with Crippen LogP contribution in [0.4, 0.5) is 0 Å². The molecule has 0 aromatic heterocycles. The van der Waals surface area contributed by atoms with Crippen LogP contribution in [0.3, 0.4) is 0 Å². The van der Waals surface area contributed by atoms with Crippen LogP contribution in [0.25, 0.3) is 0 Å². The first kappa shape index (κ1) is 13.1. The monoisotopic (exact) mass is 248 g/mol. The third-order valence-corrected chi connectivity index (χ3v) is 3.36. The number of primary amides is 1. The van der Waals surface area contributed by atoms with Crippen molar-refractivity contribution < 1.29 is 9.53 Å². The van der Waals surface area contributed by atoms with Gasteiger partial charge in [0.1, 0.15) is 0 Å². The van der Waals surface area contributed by atoms with Crippen molar-refractivity contribution in [3.63, 3.8) is 0 Å². The fourth-order valence-corrected chi connectivity index (χ4v) is 2.24. The second kappa shape index (κ2) is 5.98. The van der Waals surface area contributed by atoms with Crippen molar-refractivity contribution in [2.24, 2.45) is 5.73 Å². The third kappa shape index (κ3) is 3.31. The van der Waals surface area contributed by atoms with E-state index in [1.165, 1.54) is 0 Å².